The topological polar surface area (TPSA) is 171 Å². The zero-order valence-corrected chi connectivity index (χ0v) is 13.7. The van der Waals surface area contributed by atoms with Crippen molar-refractivity contribution < 1.29 is 31.6 Å². The number of rotatable bonds is 5. The van der Waals surface area contributed by atoms with Crippen LogP contribution in [-0.4, -0.2) is 65.4 Å². The van der Waals surface area contributed by atoms with Crippen LogP contribution in [0.2, 0.25) is 0 Å². The zero-order valence-electron chi connectivity index (χ0n) is 12.8. The molecule has 2 fully saturated rings. The maximum atomic E-state index is 12.1. The average Bonchev–Trinajstić information content (AvgIpc) is 2.68. The van der Waals surface area contributed by atoms with Crippen molar-refractivity contribution in [3.63, 3.8) is 0 Å². The van der Waals surface area contributed by atoms with Gasteiger partial charge >= 0.3 is 16.4 Å². The summed E-state index contributed by atoms with van der Waals surface area (Å²) >= 11 is 0. The van der Waals surface area contributed by atoms with Crippen LogP contribution in [0.25, 0.3) is 0 Å². The van der Waals surface area contributed by atoms with Gasteiger partial charge in [0.15, 0.2) is 0 Å². The third-order valence-corrected chi connectivity index (χ3v) is 3.98. The molecule has 0 aromatic rings. The van der Waals surface area contributed by atoms with E-state index >= 15 is 0 Å². The number of carbonyl (C=O) groups excluding carboxylic acids is 3. The van der Waals surface area contributed by atoms with E-state index in [4.69, 9.17) is 10.3 Å². The Labute approximate surface area is 138 Å². The average molecular weight is 365 g/mol. The Bertz CT molecular complexity index is 637. The Kier molecular flexibility index (Phi) is 5.27. The predicted molar refractivity (Wildman–Crippen MR) is 77.9 cm³/mol. The summed E-state index contributed by atoms with van der Waals surface area (Å²) in [6.07, 6.45) is 0.562. The minimum absolute atomic E-state index is 0.0195. The van der Waals surface area contributed by atoms with Crippen LogP contribution in [0.5, 0.6) is 0 Å². The van der Waals surface area contributed by atoms with Crippen LogP contribution in [0.3, 0.4) is 0 Å². The number of urea groups is 1. The molecule has 5 N–H and O–H groups in total. The molecule has 2 saturated heterocycles. The number of hydroxylamine groups is 2. The number of fused-ring (bicyclic) bond motifs is 2. The summed E-state index contributed by atoms with van der Waals surface area (Å²) in [6.45, 7) is 1.70. The standard InChI is InChI=1S/C11H19N5O7S/c1-6(12)4-9(17)13-14-10(18)8-3-2-7-5-15(8)11(19)16(7)23-24(20,21)22/h6-8H,2-5,12H2,1H3,(H,13,17)(H,14,18)(H,20,21,22)/t6?,7-,8?/m1/s1. The molecule has 24 heavy (non-hydrogen) atoms. The van der Waals surface area contributed by atoms with Crippen molar-refractivity contribution in [3.05, 3.63) is 0 Å². The van der Waals surface area contributed by atoms with Crippen LogP contribution in [0.4, 0.5) is 4.79 Å². The molecule has 136 valence electrons. The molecule has 13 heteroatoms. The lowest BCUT2D eigenvalue weighted by molar-refractivity contribution is -0.132. The van der Waals surface area contributed by atoms with E-state index in [0.29, 0.717) is 11.5 Å². The van der Waals surface area contributed by atoms with Gasteiger partial charge in [0.05, 0.1) is 6.04 Å². The molecule has 0 aromatic heterocycles. The highest BCUT2D eigenvalue weighted by Crippen LogP contribution is 2.30. The Balaban J connectivity index is 1.96. The fourth-order valence-electron chi connectivity index (χ4n) is 2.66. The predicted octanol–water partition coefficient (Wildman–Crippen LogP) is -2.13. The first-order chi connectivity index (χ1) is 11.1. The molecule has 2 aliphatic rings. The fraction of sp³-hybridized carbons (Fsp3) is 0.727. The van der Waals surface area contributed by atoms with Gasteiger partial charge in [0.2, 0.25) is 5.91 Å². The highest BCUT2D eigenvalue weighted by Gasteiger charge is 2.49. The van der Waals surface area contributed by atoms with Crippen LogP contribution in [0.15, 0.2) is 0 Å². The minimum Gasteiger partial charge on any atom is -0.327 e. The Hall–Kier alpha value is -1.96. The zero-order chi connectivity index (χ0) is 18.1. The van der Waals surface area contributed by atoms with Crippen LogP contribution < -0.4 is 16.6 Å². The van der Waals surface area contributed by atoms with Crippen molar-refractivity contribution in [1.29, 1.82) is 0 Å². The van der Waals surface area contributed by atoms with E-state index in [1.807, 2.05) is 0 Å². The molecule has 0 aliphatic carbocycles. The third kappa shape index (κ3) is 4.31. The van der Waals surface area contributed by atoms with Gasteiger partial charge in [0, 0.05) is 19.0 Å². The Morgan fingerprint density at radius 3 is 2.67 bits per heavy atom. The third-order valence-electron chi connectivity index (χ3n) is 3.63. The quantitative estimate of drug-likeness (QED) is 0.316. The molecule has 2 heterocycles. The summed E-state index contributed by atoms with van der Waals surface area (Å²) < 4.78 is 34.5. The number of piperidine rings is 1. The molecule has 0 aromatic carbocycles. The van der Waals surface area contributed by atoms with Gasteiger partial charge in [-0.3, -0.25) is 25.0 Å². The number of amides is 4. The van der Waals surface area contributed by atoms with Crippen molar-refractivity contribution in [2.75, 3.05) is 6.54 Å². The van der Waals surface area contributed by atoms with Crippen LogP contribution in [0.1, 0.15) is 26.2 Å². The van der Waals surface area contributed by atoms with Gasteiger partial charge in [0.25, 0.3) is 5.91 Å². The SMILES string of the molecule is CC(N)CC(=O)NNC(=O)C1CC[C@@H]2CN1C(=O)N2OS(=O)(=O)O. The van der Waals surface area contributed by atoms with Gasteiger partial charge in [0.1, 0.15) is 6.04 Å². The Morgan fingerprint density at radius 2 is 2.08 bits per heavy atom. The van der Waals surface area contributed by atoms with Gasteiger partial charge in [-0.05, 0) is 19.8 Å². The smallest absolute Gasteiger partial charge is 0.327 e. The molecular weight excluding hydrogens is 346 g/mol. The van der Waals surface area contributed by atoms with Gasteiger partial charge < -0.3 is 10.6 Å². The molecule has 4 amide bonds. The van der Waals surface area contributed by atoms with Gasteiger partial charge in [-0.2, -0.15) is 13.5 Å². The molecule has 2 rings (SSSR count). The first-order valence-corrected chi connectivity index (χ1v) is 8.56. The number of hydrazine groups is 1. The maximum Gasteiger partial charge on any atom is 0.418 e. The van der Waals surface area contributed by atoms with Gasteiger partial charge in [-0.1, -0.05) is 0 Å². The van der Waals surface area contributed by atoms with Crippen LogP contribution in [0, 0.1) is 0 Å². The molecule has 0 saturated carbocycles. The molecule has 3 atom stereocenters. The van der Waals surface area contributed by atoms with Crippen LogP contribution >= 0.6 is 0 Å². The summed E-state index contributed by atoms with van der Waals surface area (Å²) in [7, 11) is -4.84. The number of nitrogens with zero attached hydrogens (tertiary/aromatic N) is 2. The molecular formula is C11H19N5O7S. The maximum absolute atomic E-state index is 12.1. The van der Waals surface area contributed by atoms with E-state index in [0.717, 1.165) is 4.90 Å². The lowest BCUT2D eigenvalue weighted by atomic mass is 10.0. The van der Waals surface area contributed by atoms with Crippen molar-refractivity contribution in [2.24, 2.45) is 5.73 Å². The van der Waals surface area contributed by atoms with E-state index < -0.39 is 40.3 Å². The fourth-order valence-corrected chi connectivity index (χ4v) is 3.05. The summed E-state index contributed by atoms with van der Waals surface area (Å²) in [6, 6.07) is -2.70. The van der Waals surface area contributed by atoms with Crippen molar-refractivity contribution in [1.82, 2.24) is 20.8 Å². The second kappa shape index (κ2) is 6.88. The highest BCUT2D eigenvalue weighted by atomic mass is 32.3. The van der Waals surface area contributed by atoms with Gasteiger partial charge in [-0.15, -0.1) is 4.28 Å². The lowest BCUT2D eigenvalue weighted by Gasteiger charge is -2.29. The molecule has 2 aliphatic heterocycles. The molecule has 12 nitrogen and oxygen atoms in total. The van der Waals surface area contributed by atoms with Crippen LogP contribution in [-0.2, 0) is 24.3 Å². The van der Waals surface area contributed by atoms with Crippen molar-refractivity contribution >= 4 is 28.2 Å². The second-order valence-electron chi connectivity index (χ2n) is 5.73. The number of carbonyl (C=O) groups is 3. The van der Waals surface area contributed by atoms with E-state index in [1.54, 1.807) is 6.92 Å². The number of hydrogen-bond donors (Lipinski definition) is 4. The molecule has 0 spiro atoms. The second-order valence-corrected chi connectivity index (χ2v) is 6.73. The van der Waals surface area contributed by atoms with E-state index in [-0.39, 0.29) is 25.4 Å². The molecule has 2 bridgehead atoms. The molecule has 0 radical (unpaired) electrons. The van der Waals surface area contributed by atoms with E-state index in [1.165, 1.54) is 0 Å². The first-order valence-electron chi connectivity index (χ1n) is 7.19. The van der Waals surface area contributed by atoms with Crippen molar-refractivity contribution in [3.8, 4) is 0 Å². The Morgan fingerprint density at radius 1 is 1.42 bits per heavy atom. The van der Waals surface area contributed by atoms with Crippen molar-refractivity contribution in [2.45, 2.75) is 44.3 Å². The summed E-state index contributed by atoms with van der Waals surface area (Å²) in [5.74, 6) is -1.09. The minimum atomic E-state index is -4.84. The number of hydrogen-bond acceptors (Lipinski definition) is 7. The normalized spacial score (nSPS) is 24.7. The molecule has 2 unspecified atom stereocenters. The van der Waals surface area contributed by atoms with E-state index in [9.17, 15) is 22.8 Å². The van der Waals surface area contributed by atoms with Gasteiger partial charge in [-0.25, -0.2) is 4.79 Å². The lowest BCUT2D eigenvalue weighted by Crippen LogP contribution is -2.54. The number of nitrogens with two attached hydrogens (primary N) is 1. The largest absolute Gasteiger partial charge is 0.418 e. The summed E-state index contributed by atoms with van der Waals surface area (Å²) in [5, 5.41) is 0.539. The number of nitrogens with one attached hydrogen (secondary N) is 2. The summed E-state index contributed by atoms with van der Waals surface area (Å²) in [5.41, 5.74) is 9.87. The summed E-state index contributed by atoms with van der Waals surface area (Å²) in [4.78, 5) is 36.8. The van der Waals surface area contributed by atoms with E-state index in [2.05, 4.69) is 15.1 Å². The monoisotopic (exact) mass is 365 g/mol. The highest BCUT2D eigenvalue weighted by molar-refractivity contribution is 7.80. The first kappa shape index (κ1) is 18.4.